The molecule has 17 rings (SSSR count). The number of rotatable bonds is 10. The van der Waals surface area contributed by atoms with Crippen molar-refractivity contribution in [3.63, 3.8) is 0 Å². The summed E-state index contributed by atoms with van der Waals surface area (Å²) in [4.78, 5) is 178. The van der Waals surface area contributed by atoms with E-state index in [0.29, 0.717) is 63.6 Å². The van der Waals surface area contributed by atoms with E-state index in [9.17, 15) is 67.1 Å². The molecule has 2 saturated carbocycles. The molecule has 3 unspecified atom stereocenters. The molecule has 9 saturated heterocycles. The number of carbonyl (C=O) groups excluding carboxylic acids is 13. The second kappa shape index (κ2) is 33.2. The lowest BCUT2D eigenvalue weighted by molar-refractivity contribution is -0.165. The molecule has 12 heterocycles. The lowest BCUT2D eigenvalue weighted by Gasteiger charge is -2.54. The maximum absolute atomic E-state index is 12.4. The van der Waals surface area contributed by atoms with Crippen molar-refractivity contribution in [2.75, 3.05) is 56.0 Å². The molecule has 13 aliphatic rings. The highest BCUT2D eigenvalue weighted by atomic mass is 16.2. The molecule has 4 bridgehead atoms. The number of piperidine rings is 7. The Morgan fingerprint density at radius 2 is 1.04 bits per heavy atom. The maximum atomic E-state index is 12.4. The summed E-state index contributed by atoms with van der Waals surface area (Å²) in [6.45, 7) is 39.5. The number of hydrogen-bond donors (Lipinski definition) is 7. The summed E-state index contributed by atoms with van der Waals surface area (Å²) in [6, 6.07) is 22.5. The van der Waals surface area contributed by atoms with Gasteiger partial charge in [-0.2, -0.15) is 0 Å². The predicted octanol–water partition coefficient (Wildman–Crippen LogP) is 6.48. The summed E-state index contributed by atoms with van der Waals surface area (Å²) in [5.41, 5.74) is 9.10. The summed E-state index contributed by atoms with van der Waals surface area (Å²) in [7, 11) is 0. The van der Waals surface area contributed by atoms with E-state index in [1.165, 1.54) is 71.8 Å². The molecule has 0 radical (unpaired) electrons. The van der Waals surface area contributed by atoms with Crippen LogP contribution >= 0.6 is 0 Å². The number of benzene rings is 3. The Morgan fingerprint density at radius 3 is 1.55 bits per heavy atom. The van der Waals surface area contributed by atoms with Crippen LogP contribution in [-0.4, -0.2) is 186 Å². The summed E-state index contributed by atoms with van der Waals surface area (Å²) in [6.07, 6.45) is 8.18. The molecule has 7 N–H and O–H groups in total. The smallest absolute Gasteiger partial charge is 0.253 e. The number of pyridine rings is 1. The van der Waals surface area contributed by atoms with Gasteiger partial charge in [-0.05, 0) is 174 Å². The number of hydrogen-bond acceptors (Lipinski definition) is 19. The molecular formula is C86H116N14O14. The van der Waals surface area contributed by atoms with Crippen molar-refractivity contribution >= 4 is 88.2 Å². The molecule has 28 nitrogen and oxygen atoms in total. The monoisotopic (exact) mass is 1570 g/mol. The number of imide groups is 5. The van der Waals surface area contributed by atoms with Crippen molar-refractivity contribution in [1.29, 1.82) is 0 Å². The Balaban J connectivity index is 0.000000141. The molecule has 11 aliphatic heterocycles. The quantitative estimate of drug-likeness (QED) is 0.0835. The van der Waals surface area contributed by atoms with Gasteiger partial charge in [0.2, 0.25) is 70.9 Å². The van der Waals surface area contributed by atoms with Crippen LogP contribution in [0, 0.1) is 28.1 Å². The Bertz CT molecular complexity index is 4510. The van der Waals surface area contributed by atoms with E-state index < -0.39 is 45.9 Å². The maximum Gasteiger partial charge on any atom is 0.253 e. The van der Waals surface area contributed by atoms with Gasteiger partial charge in [-0.1, -0.05) is 98.7 Å². The van der Waals surface area contributed by atoms with Crippen LogP contribution in [0.4, 0.5) is 11.4 Å². The molecule has 28 heteroatoms. The number of fused-ring (bicyclic) bond motifs is 6. The average molecular weight is 1570 g/mol. The number of aromatic nitrogens is 1. The molecule has 1 aromatic heterocycles. The van der Waals surface area contributed by atoms with Crippen molar-refractivity contribution in [2.45, 2.75) is 247 Å². The van der Waals surface area contributed by atoms with Crippen LogP contribution in [0.2, 0.25) is 0 Å². The normalized spacial score (nSPS) is 25.1. The molecule has 114 heavy (non-hydrogen) atoms. The standard InChI is InChI=1S/C19H28N4O2.2C19H24N2O2.C15H19N3O4.C14H21N3O4/c1-19(2,3)23-12-10-22(11-13-23)15-6-4-14(5-7-15)20-16-8-9-17(24)21-18(16)25;1-18(2,3)7-12-4-5-13-10-21(11-14(13)6-12)19-8-15(9-19)16(22)20-17(19)23;1-18(2,3)7-12-5-4-6-13-10-21(11-15(12)13)19-8-14(9-19)16(22)20-17(19)23;1-15(2,3)17-13(21)9-4-7-12(20)18(8-9)10-5-6-11(19)16-14(10)22;1-14(2,3)13(21)16-6-7-17(11(19)8-16)9-4-5-10(18)15-12(9)20/h4-7,16,20H,8-13H2,1-3H3,(H,21,24,25);4-6,15H,7-11H2,1-3H3,(H,20,22,23);4-6,14H,7-11H2,1-3H3,(H,20,22,23);4,7-8,10H,5-6H2,1-3H3,(H,17,21)(H,16,19,22);9H,4-8H2,1-3H3,(H,15,18,20). The summed E-state index contributed by atoms with van der Waals surface area (Å²) in [5.74, 6) is -2.93. The fraction of sp³-hybridized carbons (Fsp3) is 0.581. The van der Waals surface area contributed by atoms with Crippen molar-refractivity contribution in [3.8, 4) is 0 Å². The fourth-order valence-electron chi connectivity index (χ4n) is 17.0. The van der Waals surface area contributed by atoms with Crippen molar-refractivity contribution in [3.05, 3.63) is 128 Å². The van der Waals surface area contributed by atoms with Gasteiger partial charge in [-0.15, -0.1) is 0 Å². The zero-order chi connectivity index (χ0) is 83.1. The molecule has 3 aromatic carbocycles. The van der Waals surface area contributed by atoms with E-state index in [2.05, 4.69) is 168 Å². The van der Waals surface area contributed by atoms with Gasteiger partial charge in [0.25, 0.3) is 11.5 Å². The predicted molar refractivity (Wildman–Crippen MR) is 428 cm³/mol. The topological polar surface area (TPSA) is 348 Å². The summed E-state index contributed by atoms with van der Waals surface area (Å²) >= 11 is 0. The molecule has 13 amide bonds. The first-order valence-electron chi connectivity index (χ1n) is 40.2. The number of nitrogens with zero attached hydrogens (tertiary/aromatic N) is 7. The molecule has 4 aromatic rings. The van der Waals surface area contributed by atoms with Crippen LogP contribution in [0.15, 0.2) is 83.8 Å². The molecule has 2 aliphatic carbocycles. The third kappa shape index (κ3) is 19.9. The number of nitrogens with one attached hydrogen (secondary N) is 7. The molecular weight excluding hydrogens is 1450 g/mol. The summed E-state index contributed by atoms with van der Waals surface area (Å²) in [5, 5.41) is 17.9. The minimum Gasteiger partial charge on any atom is -0.374 e. The van der Waals surface area contributed by atoms with Gasteiger partial charge >= 0.3 is 0 Å². The SMILES string of the molecule is CC(C)(C)C(=O)N1CCN(C2CCC(=O)NC2=O)C(=O)C1.CC(C)(C)Cc1ccc2c(c1)CN(C13CC(C1)C(=O)NC3=O)C2.CC(C)(C)Cc1cccc2c1CN(C13CC(C1)C(=O)NC3=O)C2.CC(C)(C)N1CCN(c2ccc(NC3CCC(=O)NC3=O)cc2)CC1.CC(C)(C)NC(=O)c1ccc(=O)n(C2CCC(=O)NC2=O)c1. The van der Waals surface area contributed by atoms with Crippen LogP contribution in [0.3, 0.4) is 0 Å². The van der Waals surface area contributed by atoms with Crippen LogP contribution in [0.1, 0.15) is 218 Å². The average Bonchev–Trinajstić information content (AvgIpc) is 1.37. The lowest BCUT2D eigenvalue weighted by Crippen LogP contribution is -2.72. The van der Waals surface area contributed by atoms with Gasteiger partial charge in [0, 0.05) is 137 Å². The minimum atomic E-state index is -0.771. The van der Waals surface area contributed by atoms with E-state index in [1.54, 1.807) is 0 Å². The van der Waals surface area contributed by atoms with Gasteiger partial charge in [0.15, 0.2) is 0 Å². The van der Waals surface area contributed by atoms with Gasteiger partial charge in [-0.3, -0.25) is 108 Å². The molecule has 614 valence electrons. The number of amides is 13. The van der Waals surface area contributed by atoms with E-state index in [-0.39, 0.29) is 131 Å². The van der Waals surface area contributed by atoms with Crippen molar-refractivity contribution in [1.82, 2.24) is 61.0 Å². The van der Waals surface area contributed by atoms with Crippen LogP contribution in [0.5, 0.6) is 0 Å². The second-order valence-corrected chi connectivity index (χ2v) is 38.0. The largest absolute Gasteiger partial charge is 0.374 e. The van der Waals surface area contributed by atoms with E-state index >= 15 is 0 Å². The minimum absolute atomic E-state index is 0.00612. The zero-order valence-electron chi connectivity index (χ0n) is 69.0. The first kappa shape index (κ1) is 85.1. The van der Waals surface area contributed by atoms with Gasteiger partial charge in [0.05, 0.1) is 12.1 Å². The Kier molecular flexibility index (Phi) is 24.8. The van der Waals surface area contributed by atoms with Crippen molar-refractivity contribution in [2.24, 2.45) is 28.1 Å². The van der Waals surface area contributed by atoms with Crippen LogP contribution < -0.4 is 47.7 Å². The Morgan fingerprint density at radius 1 is 0.500 bits per heavy atom. The highest BCUT2D eigenvalue weighted by molar-refractivity contribution is 6.08. The van der Waals surface area contributed by atoms with Gasteiger partial charge in [0.1, 0.15) is 29.2 Å². The van der Waals surface area contributed by atoms with Gasteiger partial charge in [-0.25, -0.2) is 0 Å². The Hall–Kier alpha value is -9.80. The molecule has 0 spiro atoms. The van der Waals surface area contributed by atoms with E-state index in [0.717, 1.165) is 70.9 Å². The third-order valence-corrected chi connectivity index (χ3v) is 23.2. The van der Waals surface area contributed by atoms with Crippen molar-refractivity contribution < 1.29 is 62.3 Å². The van der Waals surface area contributed by atoms with E-state index in [4.69, 9.17) is 0 Å². The van der Waals surface area contributed by atoms with Gasteiger partial charge < -0.3 is 29.9 Å². The van der Waals surface area contributed by atoms with Crippen LogP contribution in [-0.2, 0) is 96.6 Å². The highest BCUT2D eigenvalue weighted by Gasteiger charge is 2.62. The molecule has 3 atom stereocenters. The number of piperazine rings is 2. The molecule has 11 fully saturated rings. The van der Waals surface area contributed by atoms with E-state index in [1.807, 2.05) is 53.7 Å². The number of carbonyl (C=O) groups is 13. The second-order valence-electron chi connectivity index (χ2n) is 38.0. The Labute approximate surface area is 668 Å². The third-order valence-electron chi connectivity index (χ3n) is 23.2. The lowest BCUT2D eigenvalue weighted by atomic mass is 9.63. The fourth-order valence-corrected chi connectivity index (χ4v) is 17.0. The first-order valence-corrected chi connectivity index (χ1v) is 40.2. The number of anilines is 2. The highest BCUT2D eigenvalue weighted by Crippen LogP contribution is 2.51. The van der Waals surface area contributed by atoms with Crippen LogP contribution in [0.25, 0.3) is 0 Å². The summed E-state index contributed by atoms with van der Waals surface area (Å²) < 4.78 is 1.21. The zero-order valence-corrected chi connectivity index (χ0v) is 69.0. The first-order chi connectivity index (χ1) is 53.2.